The zero-order chi connectivity index (χ0) is 24.4. The lowest BCUT2D eigenvalue weighted by molar-refractivity contribution is -0.385. The number of ketones is 1. The third-order valence-electron chi connectivity index (χ3n) is 4.16. The first kappa shape index (κ1) is 24.7. The van der Waals surface area contributed by atoms with Gasteiger partial charge in [-0.1, -0.05) is 32.4 Å². The number of carbonyl (C=O) groups is 1. The number of allylic oxidation sites excluding steroid dienone is 1. The predicted octanol–water partition coefficient (Wildman–Crippen LogP) is 6.47. The number of hydrogen-bond acceptors (Lipinski definition) is 6. The van der Waals surface area contributed by atoms with E-state index in [0.29, 0.717) is 6.07 Å². The van der Waals surface area contributed by atoms with Crippen molar-refractivity contribution >= 4 is 28.8 Å². The second kappa shape index (κ2) is 8.88. The highest BCUT2D eigenvalue weighted by molar-refractivity contribution is 6.32. The van der Waals surface area contributed by atoms with Gasteiger partial charge in [0.25, 0.3) is 5.69 Å². The summed E-state index contributed by atoms with van der Waals surface area (Å²) >= 11 is 5.83. The summed E-state index contributed by atoms with van der Waals surface area (Å²) < 4.78 is 43.6. The van der Waals surface area contributed by atoms with Gasteiger partial charge in [-0.25, -0.2) is 0 Å². The van der Waals surface area contributed by atoms with E-state index in [4.69, 9.17) is 16.3 Å². The molecule has 0 aliphatic heterocycles. The maximum absolute atomic E-state index is 12.8. The monoisotopic (exact) mass is 468 g/mol. The molecule has 0 aliphatic carbocycles. The molecule has 2 aromatic rings. The van der Waals surface area contributed by atoms with Crippen molar-refractivity contribution in [2.45, 2.75) is 26.9 Å². The van der Waals surface area contributed by atoms with E-state index in [2.05, 4.69) is 0 Å². The van der Waals surface area contributed by atoms with Crippen molar-refractivity contribution in [2.75, 3.05) is 0 Å². The SMILES string of the molecule is CC(C)(C)C(=O)C(C#N)=C(O)c1ccc(Oc2ccc(C(F)(F)F)cc2Cl)cc1[N+](=O)[O-]. The molecule has 0 saturated carbocycles. The standard InChI is InChI=1S/C21H16ClF3N2O5/c1-20(2,3)19(29)14(10-26)18(28)13-6-5-12(9-16(13)27(30)31)32-17-7-4-11(8-15(17)22)21(23,24)25/h4-9,28H,1-3H3. The van der Waals surface area contributed by atoms with Gasteiger partial charge in [-0.05, 0) is 30.3 Å². The van der Waals surface area contributed by atoms with Crippen LogP contribution >= 0.6 is 11.6 Å². The van der Waals surface area contributed by atoms with Crippen LogP contribution in [0.5, 0.6) is 11.5 Å². The third kappa shape index (κ3) is 5.36. The molecule has 7 nitrogen and oxygen atoms in total. The summed E-state index contributed by atoms with van der Waals surface area (Å²) in [4.78, 5) is 23.1. The van der Waals surface area contributed by atoms with E-state index in [0.717, 1.165) is 24.3 Å². The van der Waals surface area contributed by atoms with Gasteiger partial charge in [0.15, 0.2) is 11.5 Å². The first-order chi connectivity index (χ1) is 14.7. The topological polar surface area (TPSA) is 113 Å². The molecule has 2 aromatic carbocycles. The van der Waals surface area contributed by atoms with E-state index in [-0.39, 0.29) is 16.5 Å². The van der Waals surface area contributed by atoms with Gasteiger partial charge in [-0.15, -0.1) is 0 Å². The molecule has 0 aliphatic rings. The fourth-order valence-corrected chi connectivity index (χ4v) is 2.75. The van der Waals surface area contributed by atoms with Gasteiger partial charge in [0.2, 0.25) is 0 Å². The van der Waals surface area contributed by atoms with Crippen LogP contribution in [-0.2, 0) is 11.0 Å². The molecule has 0 heterocycles. The van der Waals surface area contributed by atoms with Crippen molar-refractivity contribution in [1.29, 1.82) is 5.26 Å². The van der Waals surface area contributed by atoms with Crippen molar-refractivity contribution in [3.05, 3.63) is 68.2 Å². The lowest BCUT2D eigenvalue weighted by atomic mass is 9.85. The first-order valence-electron chi connectivity index (χ1n) is 8.88. The lowest BCUT2D eigenvalue weighted by Crippen LogP contribution is -2.22. The van der Waals surface area contributed by atoms with Gasteiger partial charge in [0, 0.05) is 5.41 Å². The van der Waals surface area contributed by atoms with E-state index in [1.54, 1.807) is 6.07 Å². The average molecular weight is 469 g/mol. The molecule has 1 N–H and O–H groups in total. The molecular formula is C21H16ClF3N2O5. The highest BCUT2D eigenvalue weighted by Gasteiger charge is 2.32. The number of nitro benzene ring substituents is 1. The maximum Gasteiger partial charge on any atom is 0.416 e. The van der Waals surface area contributed by atoms with E-state index in [1.165, 1.54) is 26.8 Å². The number of nitriles is 1. The van der Waals surface area contributed by atoms with E-state index in [9.17, 15) is 38.4 Å². The highest BCUT2D eigenvalue weighted by atomic mass is 35.5. The minimum atomic E-state index is -4.62. The van der Waals surface area contributed by atoms with Crippen molar-refractivity contribution in [3.63, 3.8) is 0 Å². The van der Waals surface area contributed by atoms with Gasteiger partial charge in [-0.2, -0.15) is 18.4 Å². The summed E-state index contributed by atoms with van der Waals surface area (Å²) in [6.45, 7) is 4.54. The lowest BCUT2D eigenvalue weighted by Gasteiger charge is -2.16. The van der Waals surface area contributed by atoms with Crippen LogP contribution in [0.3, 0.4) is 0 Å². The average Bonchev–Trinajstić information content (AvgIpc) is 2.68. The van der Waals surface area contributed by atoms with Crippen molar-refractivity contribution in [3.8, 4) is 17.6 Å². The molecule has 0 bridgehead atoms. The minimum Gasteiger partial charge on any atom is -0.506 e. The summed E-state index contributed by atoms with van der Waals surface area (Å²) in [6.07, 6.45) is -4.62. The van der Waals surface area contributed by atoms with Gasteiger partial charge >= 0.3 is 6.18 Å². The van der Waals surface area contributed by atoms with Crippen molar-refractivity contribution in [1.82, 2.24) is 0 Å². The number of nitrogens with zero attached hydrogens (tertiary/aromatic N) is 2. The number of carbonyl (C=O) groups excluding carboxylic acids is 1. The zero-order valence-electron chi connectivity index (χ0n) is 17.0. The Hall–Kier alpha value is -3.58. The van der Waals surface area contributed by atoms with Crippen LogP contribution in [0.25, 0.3) is 5.76 Å². The molecule has 0 unspecified atom stereocenters. The van der Waals surface area contributed by atoms with Gasteiger partial charge in [0.05, 0.1) is 27.1 Å². The number of benzene rings is 2. The van der Waals surface area contributed by atoms with Gasteiger partial charge < -0.3 is 9.84 Å². The molecule has 0 spiro atoms. The molecule has 0 atom stereocenters. The van der Waals surface area contributed by atoms with Crippen LogP contribution in [-0.4, -0.2) is 15.8 Å². The Morgan fingerprint density at radius 2 is 1.81 bits per heavy atom. The highest BCUT2D eigenvalue weighted by Crippen LogP contribution is 2.38. The second-order valence-corrected chi connectivity index (χ2v) is 8.00. The fraction of sp³-hybridized carbons (Fsp3) is 0.238. The van der Waals surface area contributed by atoms with Crippen LogP contribution in [0.4, 0.5) is 18.9 Å². The number of hydrogen-bond donors (Lipinski definition) is 1. The number of aliphatic hydroxyl groups excluding tert-OH is 1. The molecule has 32 heavy (non-hydrogen) atoms. The molecule has 11 heteroatoms. The molecule has 0 saturated heterocycles. The summed E-state index contributed by atoms with van der Waals surface area (Å²) in [7, 11) is 0. The summed E-state index contributed by atoms with van der Waals surface area (Å²) in [5.41, 5.74) is -3.79. The molecule has 168 valence electrons. The van der Waals surface area contributed by atoms with E-state index >= 15 is 0 Å². The smallest absolute Gasteiger partial charge is 0.416 e. The summed E-state index contributed by atoms with van der Waals surface area (Å²) in [6, 6.07) is 7.01. The molecule has 0 aromatic heterocycles. The van der Waals surface area contributed by atoms with Gasteiger partial charge in [0.1, 0.15) is 23.1 Å². The quantitative estimate of drug-likeness (QED) is 0.177. The number of rotatable bonds is 5. The Morgan fingerprint density at radius 1 is 1.19 bits per heavy atom. The fourth-order valence-electron chi connectivity index (χ4n) is 2.53. The van der Waals surface area contributed by atoms with Crippen LogP contribution < -0.4 is 4.74 Å². The number of Topliss-reactive ketones (excluding diaryl/α,β-unsaturated/α-hetero) is 1. The van der Waals surface area contributed by atoms with Crippen molar-refractivity contribution in [2.24, 2.45) is 5.41 Å². The normalized spacial score (nSPS) is 12.6. The molecule has 0 fully saturated rings. The van der Waals surface area contributed by atoms with E-state index < -0.39 is 50.4 Å². The first-order valence-corrected chi connectivity index (χ1v) is 9.26. The van der Waals surface area contributed by atoms with E-state index in [1.807, 2.05) is 0 Å². The predicted molar refractivity (Wildman–Crippen MR) is 109 cm³/mol. The van der Waals surface area contributed by atoms with Crippen LogP contribution in [0.1, 0.15) is 31.9 Å². The van der Waals surface area contributed by atoms with Crippen molar-refractivity contribution < 1.29 is 32.7 Å². The zero-order valence-corrected chi connectivity index (χ0v) is 17.7. The number of alkyl halides is 3. The molecule has 0 amide bonds. The Balaban J connectivity index is 2.52. The molecule has 2 rings (SSSR count). The number of halogens is 4. The third-order valence-corrected chi connectivity index (χ3v) is 4.46. The second-order valence-electron chi connectivity index (χ2n) is 7.60. The Morgan fingerprint density at radius 3 is 2.28 bits per heavy atom. The Bertz CT molecular complexity index is 1160. The van der Waals surface area contributed by atoms with Crippen LogP contribution in [0.2, 0.25) is 5.02 Å². The largest absolute Gasteiger partial charge is 0.506 e. The molecular weight excluding hydrogens is 453 g/mol. The Labute approximate surface area is 185 Å². The number of ether oxygens (including phenoxy) is 1. The summed E-state index contributed by atoms with van der Waals surface area (Å²) in [5, 5.41) is 30.9. The maximum atomic E-state index is 12.8. The Kier molecular flexibility index (Phi) is 6.85. The van der Waals surface area contributed by atoms with Crippen LogP contribution in [0, 0.1) is 26.9 Å². The number of aliphatic hydroxyl groups is 1. The number of nitro groups is 1. The van der Waals surface area contributed by atoms with Gasteiger partial charge in [-0.3, -0.25) is 14.9 Å². The molecule has 0 radical (unpaired) electrons. The van der Waals surface area contributed by atoms with Crippen LogP contribution in [0.15, 0.2) is 42.0 Å². The summed E-state index contributed by atoms with van der Waals surface area (Å²) in [5.74, 6) is -1.96. The minimum absolute atomic E-state index is 0.171.